The minimum Gasteiger partial charge on any atom is -0.218 e. The fourth-order valence-electron chi connectivity index (χ4n) is 5.45. The third-order valence-electron chi connectivity index (χ3n) is 6.99. The van der Waals surface area contributed by atoms with Gasteiger partial charge in [-0.15, -0.1) is 0 Å². The first-order chi connectivity index (χ1) is 17.4. The topological polar surface area (TPSA) is 68.3 Å². The van der Waals surface area contributed by atoms with E-state index in [9.17, 15) is 16.8 Å². The minimum absolute atomic E-state index is 0.293. The van der Waals surface area contributed by atoms with Crippen LogP contribution < -0.4 is 0 Å². The van der Waals surface area contributed by atoms with Crippen molar-refractivity contribution < 1.29 is 16.8 Å². The summed E-state index contributed by atoms with van der Waals surface area (Å²) in [6, 6.07) is 32.5. The third kappa shape index (κ3) is 2.74. The summed E-state index contributed by atoms with van der Waals surface area (Å²) in [7, 11) is -7.36. The molecule has 6 heteroatoms. The van der Waals surface area contributed by atoms with Gasteiger partial charge in [-0.2, -0.15) is 0 Å². The number of fused-ring (bicyclic) bond motifs is 6. The highest BCUT2D eigenvalue weighted by Gasteiger charge is 2.36. The molecule has 5 aromatic carbocycles. The van der Waals surface area contributed by atoms with E-state index in [2.05, 4.69) is 0 Å². The molecule has 0 N–H and O–H groups in total. The molecule has 2 aliphatic heterocycles. The maximum atomic E-state index is 13.5. The van der Waals surface area contributed by atoms with Gasteiger partial charge >= 0.3 is 0 Å². The van der Waals surface area contributed by atoms with Crippen molar-refractivity contribution >= 4 is 19.7 Å². The Kier molecular flexibility index (Phi) is 4.29. The molecule has 0 bridgehead atoms. The Hall–Kier alpha value is -4.00. The van der Waals surface area contributed by atoms with E-state index in [0.717, 1.165) is 0 Å². The van der Waals surface area contributed by atoms with Crippen LogP contribution in [0.2, 0.25) is 0 Å². The summed E-state index contributed by atoms with van der Waals surface area (Å²) in [5.41, 5.74) is 5.41. The van der Waals surface area contributed by atoms with Crippen LogP contribution in [0.1, 0.15) is 0 Å². The zero-order valence-corrected chi connectivity index (χ0v) is 20.5. The second-order valence-corrected chi connectivity index (χ2v) is 12.7. The molecular formula is C30H18O4S2. The Morgan fingerprint density at radius 3 is 1.19 bits per heavy atom. The van der Waals surface area contributed by atoms with E-state index in [1.807, 2.05) is 84.9 Å². The number of rotatable bonds is 2. The summed E-state index contributed by atoms with van der Waals surface area (Å²) in [6.07, 6.45) is 0. The van der Waals surface area contributed by atoms with Crippen molar-refractivity contribution in [2.45, 2.75) is 19.6 Å². The van der Waals surface area contributed by atoms with E-state index >= 15 is 0 Å². The van der Waals surface area contributed by atoms with E-state index < -0.39 is 19.7 Å². The molecule has 0 saturated heterocycles. The number of hydrogen-bond donors (Lipinski definition) is 0. The molecule has 7 rings (SSSR count). The van der Waals surface area contributed by atoms with Gasteiger partial charge < -0.3 is 0 Å². The molecule has 0 fully saturated rings. The van der Waals surface area contributed by atoms with E-state index in [-0.39, 0.29) is 0 Å². The van der Waals surface area contributed by atoms with Gasteiger partial charge in [-0.3, -0.25) is 0 Å². The predicted molar refractivity (Wildman–Crippen MR) is 139 cm³/mol. The van der Waals surface area contributed by atoms with Crippen LogP contribution in [-0.4, -0.2) is 16.8 Å². The van der Waals surface area contributed by atoms with Crippen LogP contribution in [0.4, 0.5) is 0 Å². The third-order valence-corrected chi connectivity index (χ3v) is 10.8. The molecule has 0 radical (unpaired) electrons. The normalized spacial score (nSPS) is 15.6. The molecule has 2 heterocycles. The molecule has 5 aromatic rings. The molecule has 0 aliphatic carbocycles. The van der Waals surface area contributed by atoms with Crippen LogP contribution in [0.3, 0.4) is 0 Å². The highest BCUT2D eigenvalue weighted by molar-refractivity contribution is 7.92. The maximum absolute atomic E-state index is 13.5. The van der Waals surface area contributed by atoms with Crippen LogP contribution in [0.25, 0.3) is 44.5 Å². The Morgan fingerprint density at radius 1 is 0.361 bits per heavy atom. The monoisotopic (exact) mass is 506 g/mol. The first-order valence-electron chi connectivity index (χ1n) is 11.4. The smallest absolute Gasteiger partial charge is 0.208 e. The Bertz CT molecular complexity index is 1830. The minimum atomic E-state index is -3.68. The largest absolute Gasteiger partial charge is 0.218 e. The molecule has 0 atom stereocenters. The van der Waals surface area contributed by atoms with Crippen molar-refractivity contribution in [2.75, 3.05) is 0 Å². The highest BCUT2D eigenvalue weighted by Crippen LogP contribution is 2.49. The van der Waals surface area contributed by atoms with E-state index in [1.165, 1.54) is 0 Å². The predicted octanol–water partition coefficient (Wildman–Crippen LogP) is 6.65. The second kappa shape index (κ2) is 7.26. The lowest BCUT2D eigenvalue weighted by atomic mass is 9.95. The standard InChI is InChI=1S/C30H18O4S2/c31-35(32)27-16-3-1-10-23(27)25-14-6-12-21(29(25)35)19-8-5-9-20(18-19)22-13-7-15-26-24-11-2-4-17-28(24)36(33,34)30(22)26/h1-18H. The summed E-state index contributed by atoms with van der Waals surface area (Å²) in [4.78, 5) is 1.21. The van der Waals surface area contributed by atoms with E-state index in [0.29, 0.717) is 64.1 Å². The summed E-state index contributed by atoms with van der Waals surface area (Å²) < 4.78 is 54.0. The summed E-state index contributed by atoms with van der Waals surface area (Å²) >= 11 is 0. The molecule has 174 valence electrons. The molecule has 0 aromatic heterocycles. The molecule has 36 heavy (non-hydrogen) atoms. The number of sulfone groups is 2. The second-order valence-electron chi connectivity index (χ2n) is 8.94. The van der Waals surface area contributed by atoms with Gasteiger partial charge in [0, 0.05) is 33.4 Å². The van der Waals surface area contributed by atoms with Crippen LogP contribution in [0.5, 0.6) is 0 Å². The van der Waals surface area contributed by atoms with Crippen molar-refractivity contribution in [3.05, 3.63) is 109 Å². The van der Waals surface area contributed by atoms with Gasteiger partial charge in [0.2, 0.25) is 19.7 Å². The lowest BCUT2D eigenvalue weighted by Crippen LogP contribution is -2.00. The average molecular weight is 507 g/mol. The Labute approximate surface area is 209 Å². The first kappa shape index (κ1) is 21.3. The van der Waals surface area contributed by atoms with Crippen LogP contribution >= 0.6 is 0 Å². The maximum Gasteiger partial charge on any atom is 0.208 e. The Morgan fingerprint density at radius 2 is 0.722 bits per heavy atom. The van der Waals surface area contributed by atoms with Gasteiger partial charge in [0.05, 0.1) is 19.6 Å². The number of hydrogen-bond acceptors (Lipinski definition) is 4. The van der Waals surface area contributed by atoms with E-state index in [1.54, 1.807) is 24.3 Å². The van der Waals surface area contributed by atoms with Crippen molar-refractivity contribution in [2.24, 2.45) is 0 Å². The lowest BCUT2D eigenvalue weighted by Gasteiger charge is -2.12. The fraction of sp³-hybridized carbons (Fsp3) is 0. The summed E-state index contributed by atoms with van der Waals surface area (Å²) in [5.74, 6) is 0. The van der Waals surface area contributed by atoms with Gasteiger partial charge in [-0.25, -0.2) is 16.8 Å². The van der Waals surface area contributed by atoms with Crippen LogP contribution in [0.15, 0.2) is 129 Å². The molecule has 0 spiro atoms. The lowest BCUT2D eigenvalue weighted by molar-refractivity contribution is 0.597. The summed E-state index contributed by atoms with van der Waals surface area (Å²) in [5, 5.41) is 0. The van der Waals surface area contributed by atoms with Gasteiger partial charge in [0.1, 0.15) is 0 Å². The van der Waals surface area contributed by atoms with Gasteiger partial charge in [0.25, 0.3) is 0 Å². The van der Waals surface area contributed by atoms with Crippen molar-refractivity contribution in [3.63, 3.8) is 0 Å². The zero-order chi connectivity index (χ0) is 24.7. The SMILES string of the molecule is O=S1(=O)c2ccccc2-c2cccc(-c3cccc(-c4cccc5c4S(=O)(=O)c4ccccc4-5)c3)c21. The fourth-order valence-corrected chi connectivity index (χ4v) is 9.23. The quantitative estimate of drug-likeness (QED) is 0.263. The molecular weight excluding hydrogens is 488 g/mol. The first-order valence-corrected chi connectivity index (χ1v) is 14.4. The molecule has 0 unspecified atom stereocenters. The van der Waals surface area contributed by atoms with Crippen molar-refractivity contribution in [1.29, 1.82) is 0 Å². The van der Waals surface area contributed by atoms with Crippen molar-refractivity contribution in [1.82, 2.24) is 0 Å². The van der Waals surface area contributed by atoms with Crippen molar-refractivity contribution in [3.8, 4) is 44.5 Å². The zero-order valence-electron chi connectivity index (χ0n) is 18.8. The molecule has 0 saturated carbocycles. The van der Waals surface area contributed by atoms with Crippen LogP contribution in [-0.2, 0) is 19.7 Å². The molecule has 0 amide bonds. The Balaban J connectivity index is 1.44. The number of benzene rings is 5. The summed E-state index contributed by atoms with van der Waals surface area (Å²) in [6.45, 7) is 0. The average Bonchev–Trinajstić information content (AvgIpc) is 3.29. The highest BCUT2D eigenvalue weighted by atomic mass is 32.2. The van der Waals surface area contributed by atoms with Gasteiger partial charge in [-0.1, -0.05) is 91.0 Å². The van der Waals surface area contributed by atoms with E-state index in [4.69, 9.17) is 0 Å². The van der Waals surface area contributed by atoms with Gasteiger partial charge in [-0.05, 0) is 29.3 Å². The van der Waals surface area contributed by atoms with Crippen LogP contribution in [0, 0.1) is 0 Å². The molecule has 4 nitrogen and oxygen atoms in total. The van der Waals surface area contributed by atoms with Gasteiger partial charge in [0.15, 0.2) is 0 Å². The molecule has 2 aliphatic rings.